The van der Waals surface area contributed by atoms with Gasteiger partial charge in [0, 0.05) is 23.6 Å². The third-order valence-corrected chi connectivity index (χ3v) is 5.41. The molecule has 4 rings (SSSR count). The van der Waals surface area contributed by atoms with Crippen LogP contribution < -0.4 is 4.74 Å². The van der Waals surface area contributed by atoms with Gasteiger partial charge in [0.15, 0.2) is 0 Å². The molecule has 32 heavy (non-hydrogen) atoms. The highest BCUT2D eigenvalue weighted by Gasteiger charge is 2.13. The number of benzene rings is 3. The second-order valence-electron chi connectivity index (χ2n) is 8.58. The van der Waals surface area contributed by atoms with E-state index in [0.29, 0.717) is 31.2 Å². The van der Waals surface area contributed by atoms with Crippen molar-refractivity contribution in [1.29, 1.82) is 0 Å². The van der Waals surface area contributed by atoms with E-state index in [4.69, 9.17) is 9.47 Å². The van der Waals surface area contributed by atoms with E-state index in [2.05, 4.69) is 47.2 Å². The number of carbonyl (C=O) groups is 1. The maximum atomic E-state index is 12.5. The van der Waals surface area contributed by atoms with Crippen LogP contribution in [0.4, 0.5) is 0 Å². The zero-order chi connectivity index (χ0) is 22.5. The van der Waals surface area contributed by atoms with Gasteiger partial charge in [0.05, 0.1) is 12.2 Å². The highest BCUT2D eigenvalue weighted by molar-refractivity contribution is 5.91. The number of fused-ring (bicyclic) bond motifs is 1. The molecule has 0 fully saturated rings. The Balaban J connectivity index is 1.48. The molecular weight excluding hydrogens is 398 g/mol. The first-order valence-corrected chi connectivity index (χ1v) is 11.0. The number of rotatable bonds is 8. The molecule has 1 heterocycles. The van der Waals surface area contributed by atoms with Gasteiger partial charge in [0.25, 0.3) is 0 Å². The topological polar surface area (TPSA) is 40.5 Å². The van der Waals surface area contributed by atoms with Crippen LogP contribution in [0.15, 0.2) is 79.0 Å². The summed E-state index contributed by atoms with van der Waals surface area (Å²) in [5.41, 5.74) is 4.90. The third-order valence-electron chi connectivity index (χ3n) is 5.41. The molecule has 164 valence electrons. The van der Waals surface area contributed by atoms with E-state index < -0.39 is 0 Å². The van der Waals surface area contributed by atoms with E-state index in [9.17, 15) is 4.79 Å². The van der Waals surface area contributed by atoms with Crippen LogP contribution in [0.25, 0.3) is 10.9 Å². The Morgan fingerprint density at radius 2 is 1.75 bits per heavy atom. The minimum atomic E-state index is -0.254. The number of aryl methyl sites for hydroxylation is 1. The van der Waals surface area contributed by atoms with Crippen LogP contribution in [0.5, 0.6) is 5.75 Å². The standard InChI is InChI=1S/C28H29NO3/c1-20(2)18-32-28(30)26-15-23(10-9-21(26)3)17-29-14-13-24-16-25(11-12-27(24)29)31-19-22-7-5-4-6-8-22/h4-16,20H,17-19H2,1-3H3. The van der Waals surface area contributed by atoms with E-state index in [1.54, 1.807) is 0 Å². The van der Waals surface area contributed by atoms with Gasteiger partial charge >= 0.3 is 5.97 Å². The van der Waals surface area contributed by atoms with Gasteiger partial charge in [-0.2, -0.15) is 0 Å². The molecule has 0 aliphatic carbocycles. The lowest BCUT2D eigenvalue weighted by Gasteiger charge is -2.12. The lowest BCUT2D eigenvalue weighted by molar-refractivity contribution is 0.0458. The van der Waals surface area contributed by atoms with Crippen LogP contribution in [0.2, 0.25) is 0 Å². The quantitative estimate of drug-likeness (QED) is 0.306. The molecule has 0 N–H and O–H groups in total. The molecule has 1 aromatic heterocycles. The molecule has 0 bridgehead atoms. The van der Waals surface area contributed by atoms with Crippen LogP contribution in [-0.4, -0.2) is 17.1 Å². The average Bonchev–Trinajstić information content (AvgIpc) is 3.20. The van der Waals surface area contributed by atoms with Gasteiger partial charge < -0.3 is 14.0 Å². The molecule has 4 nitrogen and oxygen atoms in total. The van der Waals surface area contributed by atoms with Crippen molar-refractivity contribution in [3.63, 3.8) is 0 Å². The summed E-state index contributed by atoms with van der Waals surface area (Å²) in [4.78, 5) is 12.5. The number of nitrogens with zero attached hydrogens (tertiary/aromatic N) is 1. The molecule has 0 aliphatic rings. The number of hydrogen-bond acceptors (Lipinski definition) is 3. The van der Waals surface area contributed by atoms with Crippen LogP contribution in [0.3, 0.4) is 0 Å². The maximum Gasteiger partial charge on any atom is 0.338 e. The summed E-state index contributed by atoms with van der Waals surface area (Å²) in [6, 6.07) is 24.4. The zero-order valence-corrected chi connectivity index (χ0v) is 18.9. The van der Waals surface area contributed by atoms with Crippen molar-refractivity contribution in [3.8, 4) is 5.75 Å². The Morgan fingerprint density at radius 1 is 0.938 bits per heavy atom. The molecule has 0 atom stereocenters. The summed E-state index contributed by atoms with van der Waals surface area (Å²) in [7, 11) is 0. The van der Waals surface area contributed by atoms with Crippen LogP contribution >= 0.6 is 0 Å². The number of hydrogen-bond donors (Lipinski definition) is 0. The molecule has 0 unspecified atom stereocenters. The molecular formula is C28H29NO3. The normalized spacial score (nSPS) is 11.1. The predicted octanol–water partition coefficient (Wildman–Crippen LogP) is 6.39. The van der Waals surface area contributed by atoms with Gasteiger partial charge in [0.1, 0.15) is 12.4 Å². The third kappa shape index (κ3) is 5.20. The Morgan fingerprint density at radius 3 is 2.53 bits per heavy atom. The Kier molecular flexibility index (Phi) is 6.60. The minimum Gasteiger partial charge on any atom is -0.489 e. The van der Waals surface area contributed by atoms with Gasteiger partial charge in [-0.1, -0.05) is 56.3 Å². The van der Waals surface area contributed by atoms with Gasteiger partial charge in [0.2, 0.25) is 0 Å². The lowest BCUT2D eigenvalue weighted by Crippen LogP contribution is -2.12. The molecule has 0 radical (unpaired) electrons. The zero-order valence-electron chi connectivity index (χ0n) is 18.9. The van der Waals surface area contributed by atoms with Gasteiger partial charge in [-0.15, -0.1) is 0 Å². The van der Waals surface area contributed by atoms with Crippen LogP contribution in [-0.2, 0) is 17.9 Å². The summed E-state index contributed by atoms with van der Waals surface area (Å²) in [6.45, 7) is 7.67. The Hall–Kier alpha value is -3.53. The van der Waals surface area contributed by atoms with E-state index in [1.807, 2.05) is 57.2 Å². The van der Waals surface area contributed by atoms with Crippen molar-refractivity contribution in [2.45, 2.75) is 33.9 Å². The van der Waals surface area contributed by atoms with Crippen molar-refractivity contribution in [3.05, 3.63) is 101 Å². The fourth-order valence-corrected chi connectivity index (χ4v) is 3.65. The van der Waals surface area contributed by atoms with Crippen molar-refractivity contribution in [1.82, 2.24) is 4.57 Å². The fraction of sp³-hybridized carbons (Fsp3) is 0.250. The Bertz CT molecular complexity index is 1210. The second kappa shape index (κ2) is 9.73. The van der Waals surface area contributed by atoms with E-state index in [-0.39, 0.29) is 5.97 Å². The minimum absolute atomic E-state index is 0.254. The second-order valence-corrected chi connectivity index (χ2v) is 8.58. The molecule has 4 heteroatoms. The molecule has 0 aliphatic heterocycles. The largest absolute Gasteiger partial charge is 0.489 e. The van der Waals surface area contributed by atoms with Crippen LogP contribution in [0, 0.1) is 12.8 Å². The molecule has 0 spiro atoms. The smallest absolute Gasteiger partial charge is 0.338 e. The number of carbonyl (C=O) groups excluding carboxylic acids is 1. The first-order valence-electron chi connectivity index (χ1n) is 11.0. The first kappa shape index (κ1) is 21.7. The van der Waals surface area contributed by atoms with Crippen molar-refractivity contribution >= 4 is 16.9 Å². The van der Waals surface area contributed by atoms with Crippen molar-refractivity contribution in [2.24, 2.45) is 5.92 Å². The molecule has 0 saturated carbocycles. The van der Waals surface area contributed by atoms with Crippen molar-refractivity contribution < 1.29 is 14.3 Å². The number of esters is 1. The maximum absolute atomic E-state index is 12.5. The van der Waals surface area contributed by atoms with E-state index >= 15 is 0 Å². The molecule has 4 aromatic rings. The Labute approximate surface area is 189 Å². The van der Waals surface area contributed by atoms with Gasteiger partial charge in [-0.05, 0) is 59.9 Å². The number of aromatic nitrogens is 1. The lowest BCUT2D eigenvalue weighted by atomic mass is 10.0. The molecule has 0 amide bonds. The SMILES string of the molecule is Cc1ccc(Cn2ccc3cc(OCc4ccccc4)ccc32)cc1C(=O)OCC(C)C. The van der Waals surface area contributed by atoms with E-state index in [1.165, 1.54) is 0 Å². The average molecular weight is 428 g/mol. The van der Waals surface area contributed by atoms with Crippen molar-refractivity contribution in [2.75, 3.05) is 6.61 Å². The summed E-state index contributed by atoms with van der Waals surface area (Å²) in [5, 5.41) is 1.12. The monoisotopic (exact) mass is 427 g/mol. The highest BCUT2D eigenvalue weighted by Crippen LogP contribution is 2.24. The fourth-order valence-electron chi connectivity index (χ4n) is 3.65. The highest BCUT2D eigenvalue weighted by atomic mass is 16.5. The summed E-state index contributed by atoms with van der Waals surface area (Å²) in [6.07, 6.45) is 2.07. The summed E-state index contributed by atoms with van der Waals surface area (Å²) >= 11 is 0. The molecule has 0 saturated heterocycles. The summed E-state index contributed by atoms with van der Waals surface area (Å²) in [5.74, 6) is 0.912. The van der Waals surface area contributed by atoms with E-state index in [0.717, 1.165) is 33.3 Å². The van der Waals surface area contributed by atoms with Gasteiger partial charge in [-0.3, -0.25) is 0 Å². The summed E-state index contributed by atoms with van der Waals surface area (Å²) < 4.78 is 13.6. The number of ether oxygens (including phenoxy) is 2. The molecule has 3 aromatic carbocycles. The predicted molar refractivity (Wildman–Crippen MR) is 128 cm³/mol. The van der Waals surface area contributed by atoms with Crippen LogP contribution in [0.1, 0.15) is 40.9 Å². The first-order chi connectivity index (χ1) is 15.5. The van der Waals surface area contributed by atoms with Gasteiger partial charge in [-0.25, -0.2) is 4.79 Å².